The smallest absolute Gasteiger partial charge is 0.287 e. The molecule has 0 bridgehead atoms. The first-order valence-corrected chi connectivity index (χ1v) is 10.2. The molecule has 3 rings (SSSR count). The highest BCUT2D eigenvalue weighted by Crippen LogP contribution is 2.28. The normalized spacial score (nSPS) is 11.2. The molecule has 0 aliphatic rings. The average Bonchev–Trinajstić information content (AvgIpc) is 3.32. The Morgan fingerprint density at radius 1 is 0.968 bits per heavy atom. The van der Waals surface area contributed by atoms with Crippen LogP contribution in [0.3, 0.4) is 0 Å². The molecule has 8 heteroatoms. The van der Waals surface area contributed by atoms with Gasteiger partial charge in [0.1, 0.15) is 5.70 Å². The summed E-state index contributed by atoms with van der Waals surface area (Å²) in [5, 5.41) is 8.53. The molecule has 0 aliphatic heterocycles. The summed E-state index contributed by atoms with van der Waals surface area (Å²) in [4.78, 5) is 26.3. The second kappa shape index (κ2) is 10.7. The Balaban J connectivity index is 1.86. The van der Waals surface area contributed by atoms with Crippen LogP contribution in [0.4, 0.5) is 0 Å². The van der Waals surface area contributed by atoms with Crippen molar-refractivity contribution in [3.63, 3.8) is 0 Å². The van der Waals surface area contributed by atoms with Crippen LogP contribution in [0.15, 0.2) is 76.8 Å². The van der Waals surface area contributed by atoms with Crippen molar-refractivity contribution in [3.05, 3.63) is 87.7 Å². The highest BCUT2D eigenvalue weighted by atomic mass is 32.1. The second-order valence-corrected chi connectivity index (χ2v) is 7.19. The van der Waals surface area contributed by atoms with Crippen LogP contribution in [-0.4, -0.2) is 32.2 Å². The number of nitrogens with zero attached hydrogens (tertiary/aromatic N) is 1. The number of hydrogen-bond acceptors (Lipinski definition) is 6. The molecule has 0 fully saturated rings. The minimum absolute atomic E-state index is 0.0319. The molecular weight excluding hydrogens is 414 g/mol. The first kappa shape index (κ1) is 21.8. The molecule has 0 spiro atoms. The summed E-state index contributed by atoms with van der Waals surface area (Å²) in [7, 11) is 3.06. The monoisotopic (exact) mass is 435 g/mol. The lowest BCUT2D eigenvalue weighted by molar-refractivity contribution is -0.117. The van der Waals surface area contributed by atoms with Crippen LogP contribution in [0, 0.1) is 0 Å². The van der Waals surface area contributed by atoms with Crippen molar-refractivity contribution in [2.75, 3.05) is 14.2 Å². The van der Waals surface area contributed by atoms with Crippen molar-refractivity contribution < 1.29 is 19.1 Å². The van der Waals surface area contributed by atoms with Crippen LogP contribution in [-0.2, 0) is 4.79 Å². The van der Waals surface area contributed by atoms with Crippen LogP contribution >= 0.6 is 11.3 Å². The molecule has 0 radical (unpaired) electrons. The highest BCUT2D eigenvalue weighted by molar-refractivity contribution is 7.11. The molecular formula is C23H21N3O4S. The molecule has 0 saturated heterocycles. The summed E-state index contributed by atoms with van der Waals surface area (Å²) in [6, 6.07) is 17.6. The molecule has 2 N–H and O–H groups in total. The molecule has 158 valence electrons. The number of carbonyl (C=O) groups is 2. The van der Waals surface area contributed by atoms with Gasteiger partial charge >= 0.3 is 0 Å². The number of benzene rings is 2. The lowest BCUT2D eigenvalue weighted by Gasteiger charge is -2.11. The predicted octanol–water partition coefficient (Wildman–Crippen LogP) is 3.69. The fourth-order valence-electron chi connectivity index (χ4n) is 2.63. The van der Waals surface area contributed by atoms with Gasteiger partial charge in [-0.1, -0.05) is 30.3 Å². The van der Waals surface area contributed by atoms with Crippen molar-refractivity contribution in [1.82, 2.24) is 10.7 Å². The van der Waals surface area contributed by atoms with Gasteiger partial charge in [0.25, 0.3) is 11.8 Å². The van der Waals surface area contributed by atoms with Crippen molar-refractivity contribution in [3.8, 4) is 11.5 Å². The quantitative estimate of drug-likeness (QED) is 0.321. The van der Waals surface area contributed by atoms with Gasteiger partial charge in [0, 0.05) is 10.4 Å². The van der Waals surface area contributed by atoms with Gasteiger partial charge < -0.3 is 14.8 Å². The van der Waals surface area contributed by atoms with E-state index in [9.17, 15) is 9.59 Å². The molecule has 2 aromatic carbocycles. The topological polar surface area (TPSA) is 89.0 Å². The fraction of sp³-hybridized carbons (Fsp3) is 0.0870. The van der Waals surface area contributed by atoms with E-state index >= 15 is 0 Å². The Morgan fingerprint density at radius 3 is 2.42 bits per heavy atom. The van der Waals surface area contributed by atoms with E-state index in [4.69, 9.17) is 9.47 Å². The molecule has 1 heterocycles. The van der Waals surface area contributed by atoms with E-state index < -0.39 is 11.8 Å². The van der Waals surface area contributed by atoms with E-state index in [1.165, 1.54) is 31.8 Å². The number of rotatable bonds is 8. The molecule has 1 aromatic heterocycles. The molecule has 2 amide bonds. The molecule has 0 saturated carbocycles. The number of amides is 2. The molecule has 7 nitrogen and oxygen atoms in total. The molecule has 3 aromatic rings. The summed E-state index contributed by atoms with van der Waals surface area (Å²) in [5.41, 5.74) is 3.54. The zero-order chi connectivity index (χ0) is 22.1. The van der Waals surface area contributed by atoms with Crippen LogP contribution in [0.5, 0.6) is 11.5 Å². The standard InChI is InChI=1S/C23H21N3O4S/c1-29-20-11-10-16(14-21(20)30-2)13-19(25-22(27)17-7-4-3-5-8-17)23(28)26-24-15-18-9-6-12-31-18/h3-15H,1-2H3,(H,25,27)(H,26,28)/b19-13+,24-15+. The summed E-state index contributed by atoms with van der Waals surface area (Å²) in [6.07, 6.45) is 3.08. The van der Waals surface area contributed by atoms with Gasteiger partial charge in [-0.3, -0.25) is 9.59 Å². The maximum Gasteiger partial charge on any atom is 0.287 e. The number of ether oxygens (including phenoxy) is 2. The lowest BCUT2D eigenvalue weighted by atomic mass is 10.1. The van der Waals surface area contributed by atoms with Gasteiger partial charge in [-0.25, -0.2) is 5.43 Å². The average molecular weight is 436 g/mol. The Kier molecular flexibility index (Phi) is 7.56. The molecule has 31 heavy (non-hydrogen) atoms. The lowest BCUT2D eigenvalue weighted by Crippen LogP contribution is -2.32. The van der Waals surface area contributed by atoms with Crippen LogP contribution in [0.1, 0.15) is 20.8 Å². The van der Waals surface area contributed by atoms with Gasteiger partial charge in [0.05, 0.1) is 20.4 Å². The van der Waals surface area contributed by atoms with Gasteiger partial charge in [-0.15, -0.1) is 11.3 Å². The number of carbonyl (C=O) groups excluding carboxylic acids is 2. The van der Waals surface area contributed by atoms with Crippen molar-refractivity contribution in [2.45, 2.75) is 0 Å². The third kappa shape index (κ3) is 6.03. The third-order valence-corrected chi connectivity index (χ3v) is 4.96. The third-order valence-electron chi connectivity index (χ3n) is 4.15. The Hall–Kier alpha value is -3.91. The van der Waals surface area contributed by atoms with E-state index in [0.717, 1.165) is 4.88 Å². The maximum absolute atomic E-state index is 12.8. The van der Waals surface area contributed by atoms with E-state index in [0.29, 0.717) is 22.6 Å². The number of methoxy groups -OCH3 is 2. The van der Waals surface area contributed by atoms with E-state index in [1.54, 1.807) is 48.5 Å². The number of nitrogens with one attached hydrogen (secondary N) is 2. The zero-order valence-corrected chi connectivity index (χ0v) is 17.8. The molecule has 0 aliphatic carbocycles. The molecule has 0 atom stereocenters. The van der Waals surface area contributed by atoms with E-state index in [1.807, 2.05) is 23.6 Å². The highest BCUT2D eigenvalue weighted by Gasteiger charge is 2.15. The summed E-state index contributed by atoms with van der Waals surface area (Å²) in [5.74, 6) is 0.0808. The fourth-order valence-corrected chi connectivity index (χ4v) is 3.22. The van der Waals surface area contributed by atoms with Crippen molar-refractivity contribution in [1.29, 1.82) is 0 Å². The minimum atomic E-state index is -0.563. The predicted molar refractivity (Wildman–Crippen MR) is 121 cm³/mol. The number of thiophene rings is 1. The summed E-state index contributed by atoms with van der Waals surface area (Å²) >= 11 is 1.49. The minimum Gasteiger partial charge on any atom is -0.493 e. The van der Waals surface area contributed by atoms with E-state index in [2.05, 4.69) is 15.8 Å². The van der Waals surface area contributed by atoms with Crippen LogP contribution in [0.2, 0.25) is 0 Å². The van der Waals surface area contributed by atoms with Crippen molar-refractivity contribution >= 4 is 35.4 Å². The first-order valence-electron chi connectivity index (χ1n) is 9.27. The molecule has 0 unspecified atom stereocenters. The summed E-state index contributed by atoms with van der Waals surface area (Å²) < 4.78 is 10.6. The first-order chi connectivity index (χ1) is 15.1. The van der Waals surface area contributed by atoms with Crippen LogP contribution < -0.4 is 20.2 Å². The van der Waals surface area contributed by atoms with Gasteiger partial charge in [-0.2, -0.15) is 5.10 Å². The SMILES string of the molecule is COc1ccc(/C=C(/NC(=O)c2ccccc2)C(=O)N/N=C/c2cccs2)cc1OC. The van der Waals surface area contributed by atoms with Crippen LogP contribution in [0.25, 0.3) is 6.08 Å². The zero-order valence-electron chi connectivity index (χ0n) is 17.0. The Bertz CT molecular complexity index is 1090. The number of hydrazone groups is 1. The Morgan fingerprint density at radius 2 is 1.74 bits per heavy atom. The summed E-state index contributed by atoms with van der Waals surface area (Å²) in [6.45, 7) is 0. The Labute approximate surface area is 184 Å². The maximum atomic E-state index is 12.8. The van der Waals surface area contributed by atoms with Gasteiger partial charge in [-0.05, 0) is 47.4 Å². The second-order valence-electron chi connectivity index (χ2n) is 6.21. The van der Waals surface area contributed by atoms with E-state index in [-0.39, 0.29) is 5.70 Å². The van der Waals surface area contributed by atoms with Gasteiger partial charge in [0.15, 0.2) is 11.5 Å². The van der Waals surface area contributed by atoms with Crippen molar-refractivity contribution in [2.24, 2.45) is 5.10 Å². The van der Waals surface area contributed by atoms with Gasteiger partial charge in [0.2, 0.25) is 0 Å². The largest absolute Gasteiger partial charge is 0.493 e. The number of hydrogen-bond donors (Lipinski definition) is 2.